The Hall–Kier alpha value is -3.94. The first-order chi connectivity index (χ1) is 16.5. The van der Waals surface area contributed by atoms with Gasteiger partial charge in [-0.25, -0.2) is 9.97 Å². The van der Waals surface area contributed by atoms with Gasteiger partial charge >= 0.3 is 0 Å². The van der Waals surface area contributed by atoms with E-state index in [-0.39, 0.29) is 11.8 Å². The van der Waals surface area contributed by atoms with E-state index < -0.39 is 0 Å². The van der Waals surface area contributed by atoms with Crippen LogP contribution in [0, 0.1) is 6.92 Å². The zero-order chi connectivity index (χ0) is 24.3. The third-order valence-electron chi connectivity index (χ3n) is 5.30. The smallest absolute Gasteiger partial charge is 0.251 e. The maximum atomic E-state index is 12.4. The Balaban J connectivity index is 1.65. The van der Waals surface area contributed by atoms with E-state index in [9.17, 15) is 9.59 Å². The van der Waals surface area contributed by atoms with Gasteiger partial charge in [0, 0.05) is 49.8 Å². The fraction of sp³-hybridized carbons (Fsp3) is 0.308. The first-order valence-corrected chi connectivity index (χ1v) is 11.5. The van der Waals surface area contributed by atoms with Crippen LogP contribution in [0.2, 0.25) is 0 Å². The van der Waals surface area contributed by atoms with Crippen LogP contribution in [0.15, 0.2) is 54.6 Å². The highest BCUT2D eigenvalue weighted by atomic mass is 16.2. The molecule has 4 N–H and O–H groups in total. The third kappa shape index (κ3) is 7.03. The average Bonchev–Trinajstić information content (AvgIpc) is 2.86. The summed E-state index contributed by atoms with van der Waals surface area (Å²) in [5, 5.41) is 12.3. The Labute approximate surface area is 200 Å². The molecule has 1 aromatic heterocycles. The molecule has 0 atom stereocenters. The van der Waals surface area contributed by atoms with Crippen LogP contribution in [0.4, 0.5) is 11.6 Å². The highest BCUT2D eigenvalue weighted by Gasteiger charge is 2.12. The molecule has 2 aromatic carbocycles. The van der Waals surface area contributed by atoms with Gasteiger partial charge in [-0.1, -0.05) is 49.4 Å². The number of carbonyl (C=O) groups is 2. The van der Waals surface area contributed by atoms with Crippen LogP contribution < -0.4 is 21.3 Å². The molecule has 3 rings (SSSR count). The van der Waals surface area contributed by atoms with Crippen molar-refractivity contribution >= 4 is 23.5 Å². The molecule has 0 aliphatic heterocycles. The number of amides is 2. The Morgan fingerprint density at radius 2 is 1.38 bits per heavy atom. The van der Waals surface area contributed by atoms with Gasteiger partial charge in [0.1, 0.15) is 11.6 Å². The van der Waals surface area contributed by atoms with Gasteiger partial charge in [0.2, 0.25) is 5.91 Å². The molecule has 0 radical (unpaired) electrons. The summed E-state index contributed by atoms with van der Waals surface area (Å²) in [7, 11) is 0. The van der Waals surface area contributed by atoms with Crippen molar-refractivity contribution in [3.05, 3.63) is 71.3 Å². The van der Waals surface area contributed by atoms with Crippen LogP contribution in [0.5, 0.6) is 0 Å². The predicted octanol–water partition coefficient (Wildman–Crippen LogP) is 3.40. The molecular weight excluding hydrogens is 428 g/mol. The second kappa shape index (κ2) is 12.3. The first-order valence-electron chi connectivity index (χ1n) is 11.5. The fourth-order valence-electron chi connectivity index (χ4n) is 3.35. The maximum Gasteiger partial charge on any atom is 0.251 e. The molecule has 0 aliphatic carbocycles. The van der Waals surface area contributed by atoms with Gasteiger partial charge < -0.3 is 21.3 Å². The molecule has 8 heteroatoms. The molecule has 0 fully saturated rings. The summed E-state index contributed by atoms with van der Waals surface area (Å²) in [6, 6.07) is 17.4. The number of nitrogens with zero attached hydrogens (tertiary/aromatic N) is 2. The number of anilines is 2. The average molecular weight is 461 g/mol. The second-order valence-corrected chi connectivity index (χ2v) is 7.88. The SMILES string of the molecule is CCc1ccc(C(=O)NCCNc2nc(-c3ccccc3)nc(NCCNC(C)=O)c2C)cc1. The lowest BCUT2D eigenvalue weighted by Gasteiger charge is -2.16. The molecule has 0 aliphatic rings. The van der Waals surface area contributed by atoms with E-state index in [1.54, 1.807) is 0 Å². The van der Waals surface area contributed by atoms with Crippen LogP contribution in [-0.4, -0.2) is 48.0 Å². The number of hydrogen-bond acceptors (Lipinski definition) is 6. The molecule has 0 bridgehead atoms. The van der Waals surface area contributed by atoms with E-state index in [4.69, 9.17) is 4.98 Å². The molecule has 178 valence electrons. The molecule has 0 unspecified atom stereocenters. The summed E-state index contributed by atoms with van der Waals surface area (Å²) >= 11 is 0. The summed E-state index contributed by atoms with van der Waals surface area (Å²) in [4.78, 5) is 32.9. The molecule has 34 heavy (non-hydrogen) atoms. The van der Waals surface area contributed by atoms with Gasteiger partial charge in [-0.15, -0.1) is 0 Å². The largest absolute Gasteiger partial charge is 0.368 e. The lowest BCUT2D eigenvalue weighted by atomic mass is 10.1. The number of carbonyl (C=O) groups excluding carboxylic acids is 2. The quantitative estimate of drug-likeness (QED) is 0.327. The molecule has 3 aromatic rings. The Kier molecular flexibility index (Phi) is 8.96. The van der Waals surface area contributed by atoms with Gasteiger partial charge in [-0.2, -0.15) is 0 Å². The summed E-state index contributed by atoms with van der Waals surface area (Å²) in [5.41, 5.74) is 3.61. The zero-order valence-corrected chi connectivity index (χ0v) is 19.9. The number of aromatic nitrogens is 2. The number of rotatable bonds is 11. The van der Waals surface area contributed by atoms with Gasteiger partial charge in [-0.05, 0) is 31.0 Å². The Morgan fingerprint density at radius 3 is 1.94 bits per heavy atom. The van der Waals surface area contributed by atoms with Crippen LogP contribution in [0.3, 0.4) is 0 Å². The minimum atomic E-state index is -0.103. The normalized spacial score (nSPS) is 10.4. The third-order valence-corrected chi connectivity index (χ3v) is 5.30. The Bertz CT molecular complexity index is 1100. The molecule has 0 spiro atoms. The Morgan fingerprint density at radius 1 is 0.794 bits per heavy atom. The van der Waals surface area contributed by atoms with E-state index in [2.05, 4.69) is 33.2 Å². The minimum Gasteiger partial charge on any atom is -0.368 e. The summed E-state index contributed by atoms with van der Waals surface area (Å²) < 4.78 is 0. The number of benzene rings is 2. The monoisotopic (exact) mass is 460 g/mol. The van der Waals surface area contributed by atoms with E-state index in [0.29, 0.717) is 49.2 Å². The molecule has 8 nitrogen and oxygen atoms in total. The molecule has 1 heterocycles. The van der Waals surface area contributed by atoms with E-state index in [1.807, 2.05) is 61.5 Å². The van der Waals surface area contributed by atoms with Crippen LogP contribution in [0.1, 0.15) is 35.3 Å². The first kappa shape index (κ1) is 24.7. The van der Waals surface area contributed by atoms with Crippen molar-refractivity contribution in [1.29, 1.82) is 0 Å². The molecule has 0 saturated carbocycles. The van der Waals surface area contributed by atoms with Gasteiger partial charge in [0.05, 0.1) is 0 Å². The van der Waals surface area contributed by atoms with Crippen molar-refractivity contribution in [2.45, 2.75) is 27.2 Å². The molecule has 0 saturated heterocycles. The summed E-state index contributed by atoms with van der Waals surface area (Å²) in [6.45, 7) is 7.50. The van der Waals surface area contributed by atoms with E-state index in [1.165, 1.54) is 12.5 Å². The topological polar surface area (TPSA) is 108 Å². The van der Waals surface area contributed by atoms with E-state index in [0.717, 1.165) is 17.5 Å². The zero-order valence-electron chi connectivity index (χ0n) is 19.9. The second-order valence-electron chi connectivity index (χ2n) is 7.88. The maximum absolute atomic E-state index is 12.4. The van der Waals surface area contributed by atoms with Crippen molar-refractivity contribution in [2.75, 3.05) is 36.8 Å². The van der Waals surface area contributed by atoms with Crippen molar-refractivity contribution < 1.29 is 9.59 Å². The van der Waals surface area contributed by atoms with Crippen molar-refractivity contribution in [1.82, 2.24) is 20.6 Å². The van der Waals surface area contributed by atoms with Gasteiger partial charge in [0.25, 0.3) is 5.91 Å². The van der Waals surface area contributed by atoms with E-state index >= 15 is 0 Å². The van der Waals surface area contributed by atoms with Gasteiger partial charge in [0.15, 0.2) is 5.82 Å². The highest BCUT2D eigenvalue weighted by molar-refractivity contribution is 5.94. The highest BCUT2D eigenvalue weighted by Crippen LogP contribution is 2.24. The number of aryl methyl sites for hydroxylation is 1. The summed E-state index contributed by atoms with van der Waals surface area (Å²) in [5.74, 6) is 1.81. The number of nitrogens with one attached hydrogen (secondary N) is 4. The van der Waals surface area contributed by atoms with Crippen molar-refractivity contribution in [3.63, 3.8) is 0 Å². The predicted molar refractivity (Wildman–Crippen MR) is 136 cm³/mol. The number of hydrogen-bond donors (Lipinski definition) is 4. The molecular formula is C26H32N6O2. The van der Waals surface area contributed by atoms with Crippen molar-refractivity contribution in [2.24, 2.45) is 0 Å². The lowest BCUT2D eigenvalue weighted by molar-refractivity contribution is -0.118. The lowest BCUT2D eigenvalue weighted by Crippen LogP contribution is -2.29. The van der Waals surface area contributed by atoms with Crippen LogP contribution in [-0.2, 0) is 11.2 Å². The minimum absolute atomic E-state index is 0.0723. The van der Waals surface area contributed by atoms with Crippen LogP contribution in [0.25, 0.3) is 11.4 Å². The van der Waals surface area contributed by atoms with Crippen LogP contribution >= 0.6 is 0 Å². The van der Waals surface area contributed by atoms with Gasteiger partial charge in [-0.3, -0.25) is 9.59 Å². The standard InChI is InChI=1S/C26H32N6O2/c1-4-20-10-12-22(13-11-20)26(34)30-17-16-29-24-18(2)23(28-15-14-27-19(3)33)31-25(32-24)21-8-6-5-7-9-21/h5-13H,4,14-17H2,1-3H3,(H,27,33)(H,30,34)(H2,28,29,31,32). The molecule has 2 amide bonds. The fourth-order valence-corrected chi connectivity index (χ4v) is 3.35. The summed E-state index contributed by atoms with van der Waals surface area (Å²) in [6.07, 6.45) is 0.944. The van der Waals surface area contributed by atoms with Crippen molar-refractivity contribution in [3.8, 4) is 11.4 Å².